The first-order valence-corrected chi connectivity index (χ1v) is 8.75. The van der Waals surface area contributed by atoms with E-state index in [4.69, 9.17) is 4.74 Å². The molecule has 1 aromatic carbocycles. The van der Waals surface area contributed by atoms with Crippen molar-refractivity contribution in [3.05, 3.63) is 35.9 Å². The second-order valence-electron chi connectivity index (χ2n) is 6.64. The topological polar surface area (TPSA) is 41.6 Å². The number of hydrogen-bond acceptors (Lipinski definition) is 3. The number of amides is 1. The molecule has 0 bridgehead atoms. The van der Waals surface area contributed by atoms with Crippen molar-refractivity contribution in [2.45, 2.75) is 51.7 Å². The highest BCUT2D eigenvalue weighted by Crippen LogP contribution is 2.32. The lowest BCUT2D eigenvalue weighted by molar-refractivity contribution is -0.122. The van der Waals surface area contributed by atoms with Gasteiger partial charge in [-0.05, 0) is 45.7 Å². The minimum atomic E-state index is 0.120. The summed E-state index contributed by atoms with van der Waals surface area (Å²) in [6, 6.07) is 11.0. The number of rotatable bonds is 8. The smallest absolute Gasteiger partial charge is 0.234 e. The Morgan fingerprint density at radius 3 is 2.78 bits per heavy atom. The molecule has 1 heterocycles. The first kappa shape index (κ1) is 18.0. The van der Waals surface area contributed by atoms with Crippen molar-refractivity contribution in [3.8, 4) is 0 Å². The molecule has 1 aliphatic heterocycles. The van der Waals surface area contributed by atoms with Crippen molar-refractivity contribution in [2.24, 2.45) is 0 Å². The number of ether oxygens (including phenoxy) is 1. The molecule has 4 nitrogen and oxygen atoms in total. The third-order valence-corrected chi connectivity index (χ3v) is 4.55. The van der Waals surface area contributed by atoms with Crippen LogP contribution in [0.4, 0.5) is 0 Å². The molecule has 1 saturated heterocycles. The summed E-state index contributed by atoms with van der Waals surface area (Å²) in [6.07, 6.45) is 2.25. The number of benzene rings is 1. The largest absolute Gasteiger partial charge is 0.379 e. The fourth-order valence-electron chi connectivity index (χ4n) is 3.23. The highest BCUT2D eigenvalue weighted by molar-refractivity contribution is 5.78. The first-order chi connectivity index (χ1) is 11.1. The molecule has 1 fully saturated rings. The standard InChI is InChI=1S/C19H30N2O2/c1-15(2)23-13-7-11-20-19(22)14-21-12-10-18(16(21)3)17-8-5-4-6-9-17/h4-6,8-9,15-16,18H,7,10-14H2,1-3H3,(H,20,22)/t16-,18+/m0/s1. The van der Waals surface area contributed by atoms with Gasteiger partial charge < -0.3 is 10.1 Å². The molecule has 1 N–H and O–H groups in total. The van der Waals surface area contributed by atoms with Crippen LogP contribution < -0.4 is 5.32 Å². The van der Waals surface area contributed by atoms with Crippen LogP contribution in [0, 0.1) is 0 Å². The average molecular weight is 318 g/mol. The number of carbonyl (C=O) groups is 1. The lowest BCUT2D eigenvalue weighted by Crippen LogP contribution is -2.40. The minimum Gasteiger partial charge on any atom is -0.379 e. The Balaban J connectivity index is 1.70. The highest BCUT2D eigenvalue weighted by Gasteiger charge is 2.32. The molecule has 0 aliphatic carbocycles. The van der Waals surface area contributed by atoms with Gasteiger partial charge in [0.25, 0.3) is 0 Å². The van der Waals surface area contributed by atoms with Crippen LogP contribution in [0.15, 0.2) is 30.3 Å². The van der Waals surface area contributed by atoms with Crippen molar-refractivity contribution >= 4 is 5.91 Å². The molecule has 0 spiro atoms. The van der Waals surface area contributed by atoms with E-state index in [1.54, 1.807) is 0 Å². The van der Waals surface area contributed by atoms with Crippen molar-refractivity contribution in [2.75, 3.05) is 26.2 Å². The van der Waals surface area contributed by atoms with E-state index in [-0.39, 0.29) is 12.0 Å². The van der Waals surface area contributed by atoms with E-state index >= 15 is 0 Å². The Hall–Kier alpha value is -1.39. The van der Waals surface area contributed by atoms with Crippen molar-refractivity contribution in [1.29, 1.82) is 0 Å². The molecule has 0 saturated carbocycles. The summed E-state index contributed by atoms with van der Waals surface area (Å²) in [5.41, 5.74) is 1.38. The van der Waals surface area contributed by atoms with E-state index < -0.39 is 0 Å². The predicted octanol–water partition coefficient (Wildman–Crippen LogP) is 2.80. The maximum atomic E-state index is 12.1. The third kappa shape index (κ3) is 5.63. The van der Waals surface area contributed by atoms with Gasteiger partial charge >= 0.3 is 0 Å². The fraction of sp³-hybridized carbons (Fsp3) is 0.632. The van der Waals surface area contributed by atoms with E-state index in [0.717, 1.165) is 19.4 Å². The molecule has 4 heteroatoms. The Labute approximate surface area is 140 Å². The number of nitrogens with zero attached hydrogens (tertiary/aromatic N) is 1. The summed E-state index contributed by atoms with van der Waals surface area (Å²) < 4.78 is 5.48. The van der Waals surface area contributed by atoms with Gasteiger partial charge in [-0.2, -0.15) is 0 Å². The molecule has 1 aromatic rings. The predicted molar refractivity (Wildman–Crippen MR) is 93.5 cm³/mol. The van der Waals surface area contributed by atoms with Crippen LogP contribution in [0.1, 0.15) is 45.1 Å². The normalized spacial score (nSPS) is 21.7. The maximum absolute atomic E-state index is 12.1. The van der Waals surface area contributed by atoms with Gasteiger partial charge in [-0.1, -0.05) is 30.3 Å². The summed E-state index contributed by atoms with van der Waals surface area (Å²) in [6.45, 7) is 9.16. The number of likely N-dealkylation sites (tertiary alicyclic amines) is 1. The van der Waals surface area contributed by atoms with Crippen LogP contribution in [-0.2, 0) is 9.53 Å². The molecule has 0 radical (unpaired) electrons. The molecular formula is C19H30N2O2. The van der Waals surface area contributed by atoms with Crippen molar-refractivity contribution < 1.29 is 9.53 Å². The van der Waals surface area contributed by atoms with Gasteiger partial charge in [0.1, 0.15) is 0 Å². The lowest BCUT2D eigenvalue weighted by atomic mass is 9.93. The van der Waals surface area contributed by atoms with Crippen LogP contribution in [0.3, 0.4) is 0 Å². The Kier molecular flexibility index (Phi) is 7.06. The molecule has 1 amide bonds. The molecular weight excluding hydrogens is 288 g/mol. The highest BCUT2D eigenvalue weighted by atomic mass is 16.5. The number of carbonyl (C=O) groups excluding carboxylic acids is 1. The van der Waals surface area contributed by atoms with Gasteiger partial charge in [-0.25, -0.2) is 0 Å². The SMILES string of the molecule is CC(C)OCCCNC(=O)CN1CC[C@@H](c2ccccc2)[C@@H]1C. The van der Waals surface area contributed by atoms with Crippen LogP contribution in [0.2, 0.25) is 0 Å². The fourth-order valence-corrected chi connectivity index (χ4v) is 3.23. The lowest BCUT2D eigenvalue weighted by Gasteiger charge is -2.24. The molecule has 2 atom stereocenters. The number of nitrogens with one attached hydrogen (secondary N) is 1. The number of hydrogen-bond donors (Lipinski definition) is 1. The zero-order valence-corrected chi connectivity index (χ0v) is 14.6. The van der Waals surface area contributed by atoms with Crippen molar-refractivity contribution in [1.82, 2.24) is 10.2 Å². The Morgan fingerprint density at radius 1 is 1.35 bits per heavy atom. The van der Waals surface area contributed by atoms with Gasteiger partial charge in [-0.15, -0.1) is 0 Å². The van der Waals surface area contributed by atoms with Gasteiger partial charge in [-0.3, -0.25) is 9.69 Å². The van der Waals surface area contributed by atoms with Gasteiger partial charge in [0, 0.05) is 25.1 Å². The quantitative estimate of drug-likeness (QED) is 0.750. The Morgan fingerprint density at radius 2 is 2.09 bits per heavy atom. The second-order valence-corrected chi connectivity index (χ2v) is 6.64. The van der Waals surface area contributed by atoms with E-state index in [9.17, 15) is 4.79 Å². The summed E-state index contributed by atoms with van der Waals surface area (Å²) in [5.74, 6) is 0.651. The van der Waals surface area contributed by atoms with Gasteiger partial charge in [0.15, 0.2) is 0 Å². The molecule has 128 valence electrons. The zero-order valence-electron chi connectivity index (χ0n) is 14.6. The van der Waals surface area contributed by atoms with Crippen molar-refractivity contribution in [3.63, 3.8) is 0 Å². The molecule has 0 unspecified atom stereocenters. The third-order valence-electron chi connectivity index (χ3n) is 4.55. The van der Waals surface area contributed by atoms with Crippen LogP contribution in [0.25, 0.3) is 0 Å². The van der Waals surface area contributed by atoms with Crippen LogP contribution in [0.5, 0.6) is 0 Å². The van der Waals surface area contributed by atoms with Crippen LogP contribution >= 0.6 is 0 Å². The second kappa shape index (κ2) is 9.04. The maximum Gasteiger partial charge on any atom is 0.234 e. The summed E-state index contributed by atoms with van der Waals surface area (Å²) >= 11 is 0. The molecule has 0 aromatic heterocycles. The zero-order chi connectivity index (χ0) is 16.7. The molecule has 23 heavy (non-hydrogen) atoms. The van der Waals surface area contributed by atoms with E-state index in [0.29, 0.717) is 31.7 Å². The minimum absolute atomic E-state index is 0.120. The monoisotopic (exact) mass is 318 g/mol. The van der Waals surface area contributed by atoms with E-state index in [1.807, 2.05) is 13.8 Å². The summed E-state index contributed by atoms with van der Waals surface area (Å²) in [7, 11) is 0. The van der Waals surface area contributed by atoms with E-state index in [1.165, 1.54) is 5.56 Å². The average Bonchev–Trinajstić information content (AvgIpc) is 2.88. The summed E-state index contributed by atoms with van der Waals surface area (Å²) in [4.78, 5) is 14.4. The first-order valence-electron chi connectivity index (χ1n) is 8.75. The molecule has 1 aliphatic rings. The Bertz CT molecular complexity index is 476. The van der Waals surface area contributed by atoms with Gasteiger partial charge in [0.2, 0.25) is 5.91 Å². The summed E-state index contributed by atoms with van der Waals surface area (Å²) in [5, 5.41) is 3.00. The van der Waals surface area contributed by atoms with Gasteiger partial charge in [0.05, 0.1) is 12.6 Å². The van der Waals surface area contributed by atoms with Crippen LogP contribution in [-0.4, -0.2) is 49.2 Å². The van der Waals surface area contributed by atoms with E-state index in [2.05, 4.69) is 47.5 Å². The molecule has 2 rings (SSSR count).